The van der Waals surface area contributed by atoms with Crippen molar-refractivity contribution in [3.05, 3.63) is 42.4 Å². The normalized spacial score (nSPS) is 12.0. The molecule has 1 unspecified atom stereocenters. The van der Waals surface area contributed by atoms with Crippen LogP contribution in [0.15, 0.2) is 36.8 Å². The minimum atomic E-state index is -0.490. The first-order chi connectivity index (χ1) is 10.9. The van der Waals surface area contributed by atoms with Gasteiger partial charge in [0.1, 0.15) is 6.33 Å². The molecule has 2 rings (SSSR count). The van der Waals surface area contributed by atoms with E-state index in [9.17, 15) is 9.59 Å². The predicted octanol–water partition coefficient (Wildman–Crippen LogP) is 2.74. The molecular formula is C17H22N4O2. The molecule has 2 amide bonds. The molecule has 6 nitrogen and oxygen atoms in total. The standard InChI is InChI=1S/C17H22N4O2/c1-4-6-12(2)20(3)17(23)21-10-15(19-11-21)13-7-5-8-14(9-13)16(18)22/h5,7-12H,4,6H2,1-3H3,(H2,18,22). The molecule has 122 valence electrons. The number of amides is 2. The van der Waals surface area contributed by atoms with Crippen LogP contribution in [0.5, 0.6) is 0 Å². The molecule has 0 saturated carbocycles. The Morgan fingerprint density at radius 1 is 1.39 bits per heavy atom. The van der Waals surface area contributed by atoms with E-state index in [4.69, 9.17) is 5.73 Å². The number of carbonyl (C=O) groups is 2. The summed E-state index contributed by atoms with van der Waals surface area (Å²) in [6.07, 6.45) is 5.12. The SMILES string of the molecule is CCCC(C)N(C)C(=O)n1cnc(-c2cccc(C(N)=O)c2)c1. The summed E-state index contributed by atoms with van der Waals surface area (Å²) in [7, 11) is 1.79. The zero-order chi connectivity index (χ0) is 17.0. The molecule has 1 heterocycles. The predicted molar refractivity (Wildman–Crippen MR) is 89.1 cm³/mol. The molecule has 0 bridgehead atoms. The number of rotatable bonds is 5. The summed E-state index contributed by atoms with van der Waals surface area (Å²) < 4.78 is 1.46. The molecule has 0 radical (unpaired) electrons. The first kappa shape index (κ1) is 16.7. The van der Waals surface area contributed by atoms with Gasteiger partial charge >= 0.3 is 6.03 Å². The maximum Gasteiger partial charge on any atom is 0.329 e. The molecule has 6 heteroatoms. The van der Waals surface area contributed by atoms with Gasteiger partial charge in [0.2, 0.25) is 5.91 Å². The van der Waals surface area contributed by atoms with Gasteiger partial charge in [-0.1, -0.05) is 25.5 Å². The molecule has 0 aliphatic carbocycles. The largest absolute Gasteiger partial charge is 0.366 e. The van der Waals surface area contributed by atoms with Crippen LogP contribution >= 0.6 is 0 Å². The molecule has 0 saturated heterocycles. The van der Waals surface area contributed by atoms with Crippen LogP contribution in [-0.4, -0.2) is 39.5 Å². The molecule has 2 aromatic rings. The fourth-order valence-electron chi connectivity index (χ4n) is 2.39. The number of nitrogens with two attached hydrogens (primary N) is 1. The van der Waals surface area contributed by atoms with Gasteiger partial charge in [0.15, 0.2) is 0 Å². The Bertz CT molecular complexity index is 708. The molecule has 23 heavy (non-hydrogen) atoms. The zero-order valence-electron chi connectivity index (χ0n) is 13.7. The number of nitrogens with zero attached hydrogens (tertiary/aromatic N) is 3. The highest BCUT2D eigenvalue weighted by atomic mass is 16.2. The van der Waals surface area contributed by atoms with Gasteiger partial charge < -0.3 is 10.6 Å². The van der Waals surface area contributed by atoms with Gasteiger partial charge in [0.05, 0.1) is 5.69 Å². The lowest BCUT2D eigenvalue weighted by atomic mass is 10.1. The summed E-state index contributed by atoms with van der Waals surface area (Å²) in [5.74, 6) is -0.490. The summed E-state index contributed by atoms with van der Waals surface area (Å²) in [5.41, 5.74) is 7.07. The van der Waals surface area contributed by atoms with Crippen LogP contribution < -0.4 is 5.73 Å². The Kier molecular flexibility index (Phi) is 5.16. The summed E-state index contributed by atoms with van der Waals surface area (Å²) >= 11 is 0. The van der Waals surface area contributed by atoms with Crippen molar-refractivity contribution in [3.8, 4) is 11.3 Å². The third-order valence-electron chi connectivity index (χ3n) is 3.92. The van der Waals surface area contributed by atoms with Gasteiger partial charge in [-0.3, -0.25) is 9.36 Å². The molecule has 0 spiro atoms. The van der Waals surface area contributed by atoms with Crippen molar-refractivity contribution in [3.63, 3.8) is 0 Å². The van der Waals surface area contributed by atoms with Gasteiger partial charge in [-0.25, -0.2) is 9.78 Å². The number of benzene rings is 1. The second-order valence-electron chi connectivity index (χ2n) is 5.64. The topological polar surface area (TPSA) is 81.2 Å². The van der Waals surface area contributed by atoms with Gasteiger partial charge in [-0.2, -0.15) is 0 Å². The number of aromatic nitrogens is 2. The Labute approximate surface area is 135 Å². The van der Waals surface area contributed by atoms with Crippen LogP contribution in [0.25, 0.3) is 11.3 Å². The van der Waals surface area contributed by atoms with E-state index in [2.05, 4.69) is 11.9 Å². The van der Waals surface area contributed by atoms with E-state index in [0.717, 1.165) is 18.4 Å². The summed E-state index contributed by atoms with van der Waals surface area (Å²) in [4.78, 5) is 29.7. The third-order valence-corrected chi connectivity index (χ3v) is 3.92. The molecular weight excluding hydrogens is 292 g/mol. The fraction of sp³-hybridized carbons (Fsp3) is 0.353. The number of carbonyl (C=O) groups excluding carboxylic acids is 2. The second-order valence-corrected chi connectivity index (χ2v) is 5.64. The number of imidazole rings is 1. The van der Waals surface area contributed by atoms with Crippen molar-refractivity contribution in [2.45, 2.75) is 32.7 Å². The van der Waals surface area contributed by atoms with Crippen molar-refractivity contribution in [1.82, 2.24) is 14.5 Å². The third kappa shape index (κ3) is 3.77. The maximum absolute atomic E-state index is 12.5. The van der Waals surface area contributed by atoms with Crippen LogP contribution in [0.2, 0.25) is 0 Å². The lowest BCUT2D eigenvalue weighted by Gasteiger charge is -2.24. The Morgan fingerprint density at radius 3 is 2.78 bits per heavy atom. The smallest absolute Gasteiger partial charge is 0.329 e. The number of hydrogen-bond acceptors (Lipinski definition) is 3. The van der Waals surface area contributed by atoms with E-state index in [1.807, 2.05) is 13.0 Å². The first-order valence-corrected chi connectivity index (χ1v) is 7.65. The van der Waals surface area contributed by atoms with Crippen molar-refractivity contribution in [2.24, 2.45) is 5.73 Å². The van der Waals surface area contributed by atoms with E-state index >= 15 is 0 Å². The summed E-state index contributed by atoms with van der Waals surface area (Å²) in [6, 6.07) is 6.92. The van der Waals surface area contributed by atoms with Crippen LogP contribution in [-0.2, 0) is 0 Å². The van der Waals surface area contributed by atoms with Crippen LogP contribution in [0, 0.1) is 0 Å². The van der Waals surface area contributed by atoms with Crippen molar-refractivity contribution in [1.29, 1.82) is 0 Å². The lowest BCUT2D eigenvalue weighted by Crippen LogP contribution is -2.37. The van der Waals surface area contributed by atoms with Gasteiger partial charge in [-0.05, 0) is 25.5 Å². The van der Waals surface area contributed by atoms with E-state index < -0.39 is 5.91 Å². The zero-order valence-corrected chi connectivity index (χ0v) is 13.7. The average Bonchev–Trinajstić information content (AvgIpc) is 3.03. The van der Waals surface area contributed by atoms with Gasteiger partial charge in [-0.15, -0.1) is 0 Å². The van der Waals surface area contributed by atoms with Gasteiger partial charge in [0.25, 0.3) is 0 Å². The maximum atomic E-state index is 12.5. The monoisotopic (exact) mass is 314 g/mol. The van der Waals surface area contributed by atoms with Crippen LogP contribution in [0.1, 0.15) is 37.0 Å². The van der Waals surface area contributed by atoms with Gasteiger partial charge in [0, 0.05) is 30.4 Å². The van der Waals surface area contributed by atoms with Crippen LogP contribution in [0.3, 0.4) is 0 Å². The van der Waals surface area contributed by atoms with Crippen molar-refractivity contribution < 1.29 is 9.59 Å². The van der Waals surface area contributed by atoms with Crippen molar-refractivity contribution in [2.75, 3.05) is 7.05 Å². The Morgan fingerprint density at radius 2 is 2.13 bits per heavy atom. The molecule has 1 aromatic carbocycles. The minimum Gasteiger partial charge on any atom is -0.366 e. The highest BCUT2D eigenvalue weighted by Gasteiger charge is 2.17. The van der Waals surface area contributed by atoms with E-state index in [-0.39, 0.29) is 12.1 Å². The number of primary amides is 1. The second kappa shape index (κ2) is 7.09. The molecule has 0 aliphatic rings. The average molecular weight is 314 g/mol. The van der Waals surface area contributed by atoms with E-state index in [1.165, 1.54) is 10.9 Å². The summed E-state index contributed by atoms with van der Waals surface area (Å²) in [5, 5.41) is 0. The highest BCUT2D eigenvalue weighted by molar-refractivity contribution is 5.94. The molecule has 1 aromatic heterocycles. The summed E-state index contributed by atoms with van der Waals surface area (Å²) in [6.45, 7) is 4.12. The van der Waals surface area contributed by atoms with E-state index in [0.29, 0.717) is 11.3 Å². The first-order valence-electron chi connectivity index (χ1n) is 7.65. The molecule has 0 aliphatic heterocycles. The molecule has 2 N–H and O–H groups in total. The number of hydrogen-bond donors (Lipinski definition) is 1. The van der Waals surface area contributed by atoms with E-state index in [1.54, 1.807) is 36.3 Å². The molecule has 0 fully saturated rings. The minimum absolute atomic E-state index is 0.129. The Hall–Kier alpha value is -2.63. The highest BCUT2D eigenvalue weighted by Crippen LogP contribution is 2.19. The van der Waals surface area contributed by atoms with Crippen molar-refractivity contribution >= 4 is 11.9 Å². The molecule has 1 atom stereocenters. The lowest BCUT2D eigenvalue weighted by molar-refractivity contribution is 0.100. The fourth-order valence-corrected chi connectivity index (χ4v) is 2.39. The van der Waals surface area contributed by atoms with Crippen LogP contribution in [0.4, 0.5) is 4.79 Å². The quantitative estimate of drug-likeness (QED) is 0.921. The Balaban J connectivity index is 2.22.